The third-order valence-corrected chi connectivity index (χ3v) is 2.88. The molecule has 2 rings (SSSR count). The Morgan fingerprint density at radius 3 is 2.47 bits per heavy atom. The van der Waals surface area contributed by atoms with Crippen molar-refractivity contribution in [1.29, 1.82) is 0 Å². The van der Waals surface area contributed by atoms with E-state index in [0.717, 1.165) is 10.8 Å². The van der Waals surface area contributed by atoms with Crippen molar-refractivity contribution in [2.45, 2.75) is 6.92 Å². The summed E-state index contributed by atoms with van der Waals surface area (Å²) in [6, 6.07) is 13.4. The van der Waals surface area contributed by atoms with Crippen molar-refractivity contribution in [3.63, 3.8) is 0 Å². The molecule has 2 aromatic carbocycles. The first-order chi connectivity index (χ1) is 9.13. The molecular weight excluding hydrogens is 242 g/mol. The minimum absolute atomic E-state index is 0.191. The number of fused-ring (bicyclic) bond motifs is 1. The molecule has 0 aliphatic rings. The van der Waals surface area contributed by atoms with Gasteiger partial charge in [0.05, 0.1) is 6.61 Å². The number of benzene rings is 2. The monoisotopic (exact) mass is 257 g/mol. The minimum Gasteiger partial charge on any atom is -0.459 e. The molecule has 0 fully saturated rings. The lowest BCUT2D eigenvalue weighted by Crippen LogP contribution is -2.34. The van der Waals surface area contributed by atoms with Crippen molar-refractivity contribution in [3.05, 3.63) is 42.5 Å². The number of likely N-dealkylation sites (N-methyl/N-ethyl adjacent to an activating group) is 1. The lowest BCUT2D eigenvalue weighted by molar-refractivity contribution is -0.153. The SMILES string of the molecule is CCOC(=O)C(=O)N(C)c1ccc2ccccc2c1. The number of carbonyl (C=O) groups is 2. The summed E-state index contributed by atoms with van der Waals surface area (Å²) in [5, 5.41) is 2.10. The molecule has 0 aliphatic carbocycles. The van der Waals surface area contributed by atoms with Gasteiger partial charge in [-0.15, -0.1) is 0 Å². The number of anilines is 1. The first-order valence-corrected chi connectivity index (χ1v) is 6.07. The predicted octanol–water partition coefficient (Wildman–Crippen LogP) is 2.37. The van der Waals surface area contributed by atoms with Crippen LogP contribution < -0.4 is 4.90 Å². The van der Waals surface area contributed by atoms with Gasteiger partial charge in [-0.05, 0) is 29.8 Å². The van der Waals surface area contributed by atoms with Crippen molar-refractivity contribution in [3.8, 4) is 0 Å². The lowest BCUT2D eigenvalue weighted by Gasteiger charge is -2.16. The summed E-state index contributed by atoms with van der Waals surface area (Å²) in [4.78, 5) is 24.5. The van der Waals surface area contributed by atoms with E-state index >= 15 is 0 Å². The van der Waals surface area contributed by atoms with E-state index in [4.69, 9.17) is 4.74 Å². The molecule has 0 unspecified atom stereocenters. The van der Waals surface area contributed by atoms with E-state index < -0.39 is 11.9 Å². The lowest BCUT2D eigenvalue weighted by atomic mass is 10.1. The highest BCUT2D eigenvalue weighted by molar-refractivity contribution is 6.38. The van der Waals surface area contributed by atoms with Crippen LogP contribution in [0.5, 0.6) is 0 Å². The van der Waals surface area contributed by atoms with Gasteiger partial charge in [-0.25, -0.2) is 4.79 Å². The summed E-state index contributed by atoms with van der Waals surface area (Å²) in [6.07, 6.45) is 0. The maximum Gasteiger partial charge on any atom is 0.397 e. The summed E-state index contributed by atoms with van der Waals surface area (Å²) >= 11 is 0. The van der Waals surface area contributed by atoms with Crippen molar-refractivity contribution >= 4 is 28.3 Å². The Labute approximate surface area is 111 Å². The Morgan fingerprint density at radius 2 is 1.79 bits per heavy atom. The highest BCUT2D eigenvalue weighted by atomic mass is 16.5. The number of ether oxygens (including phenoxy) is 1. The molecule has 98 valence electrons. The molecule has 0 atom stereocenters. The van der Waals surface area contributed by atoms with E-state index in [9.17, 15) is 9.59 Å². The van der Waals surface area contributed by atoms with E-state index in [2.05, 4.69) is 0 Å². The molecule has 0 saturated carbocycles. The van der Waals surface area contributed by atoms with Gasteiger partial charge in [0.25, 0.3) is 0 Å². The first-order valence-electron chi connectivity index (χ1n) is 6.07. The topological polar surface area (TPSA) is 46.6 Å². The maximum atomic E-state index is 11.8. The second kappa shape index (κ2) is 5.52. The molecule has 19 heavy (non-hydrogen) atoms. The Hall–Kier alpha value is -2.36. The molecule has 0 radical (unpaired) electrons. The third kappa shape index (κ3) is 2.73. The average molecular weight is 257 g/mol. The third-order valence-electron chi connectivity index (χ3n) is 2.88. The Kier molecular flexibility index (Phi) is 3.80. The molecule has 4 heteroatoms. The normalized spacial score (nSPS) is 10.2. The molecule has 4 nitrogen and oxygen atoms in total. The Bertz CT molecular complexity index is 622. The minimum atomic E-state index is -0.835. The fourth-order valence-corrected chi connectivity index (χ4v) is 1.83. The second-order valence-electron chi connectivity index (χ2n) is 4.12. The van der Waals surface area contributed by atoms with Crippen LogP contribution in [0.4, 0.5) is 5.69 Å². The van der Waals surface area contributed by atoms with Gasteiger partial charge in [-0.1, -0.05) is 30.3 Å². The van der Waals surface area contributed by atoms with Gasteiger partial charge in [0.15, 0.2) is 0 Å². The number of esters is 1. The number of rotatable bonds is 2. The second-order valence-corrected chi connectivity index (χ2v) is 4.12. The molecule has 0 aromatic heterocycles. The Morgan fingerprint density at radius 1 is 1.11 bits per heavy atom. The van der Waals surface area contributed by atoms with Gasteiger partial charge in [0.2, 0.25) is 0 Å². The standard InChI is InChI=1S/C15H15NO3/c1-3-19-15(18)14(17)16(2)13-9-8-11-6-4-5-7-12(11)10-13/h4-10H,3H2,1-2H3. The average Bonchev–Trinajstić information content (AvgIpc) is 2.45. The van der Waals surface area contributed by atoms with Crippen molar-refractivity contribution in [2.75, 3.05) is 18.6 Å². The molecule has 0 saturated heterocycles. The van der Waals surface area contributed by atoms with E-state index in [1.54, 1.807) is 20.0 Å². The van der Waals surface area contributed by atoms with Gasteiger partial charge in [-0.2, -0.15) is 0 Å². The van der Waals surface area contributed by atoms with Gasteiger partial charge in [0, 0.05) is 12.7 Å². The van der Waals surface area contributed by atoms with Gasteiger partial charge in [-0.3, -0.25) is 4.79 Å². The van der Waals surface area contributed by atoms with Crippen molar-refractivity contribution < 1.29 is 14.3 Å². The molecule has 1 amide bonds. The van der Waals surface area contributed by atoms with Crippen LogP contribution in [0.2, 0.25) is 0 Å². The summed E-state index contributed by atoms with van der Waals surface area (Å²) in [5.74, 6) is -1.50. The van der Waals surface area contributed by atoms with E-state index in [-0.39, 0.29) is 6.61 Å². The van der Waals surface area contributed by atoms with E-state index in [1.165, 1.54) is 4.90 Å². The van der Waals surface area contributed by atoms with Crippen LogP contribution in [0, 0.1) is 0 Å². The van der Waals surface area contributed by atoms with Gasteiger partial charge < -0.3 is 9.64 Å². The maximum absolute atomic E-state index is 11.8. The number of carbonyl (C=O) groups excluding carboxylic acids is 2. The summed E-state index contributed by atoms with van der Waals surface area (Å²) in [6.45, 7) is 1.86. The van der Waals surface area contributed by atoms with Crippen LogP contribution >= 0.6 is 0 Å². The van der Waals surface area contributed by atoms with Crippen LogP contribution in [0.3, 0.4) is 0 Å². The van der Waals surface area contributed by atoms with E-state index in [1.807, 2.05) is 36.4 Å². The molecule has 0 bridgehead atoms. The van der Waals surface area contributed by atoms with Crippen LogP contribution in [0.1, 0.15) is 6.92 Å². The number of hydrogen-bond donors (Lipinski definition) is 0. The van der Waals surface area contributed by atoms with Crippen LogP contribution in [0.15, 0.2) is 42.5 Å². The Balaban J connectivity index is 2.28. The highest BCUT2D eigenvalue weighted by Crippen LogP contribution is 2.21. The summed E-state index contributed by atoms with van der Waals surface area (Å²) in [7, 11) is 1.56. The van der Waals surface area contributed by atoms with E-state index in [0.29, 0.717) is 5.69 Å². The molecule has 0 aliphatic heterocycles. The molecule has 0 spiro atoms. The van der Waals surface area contributed by atoms with Gasteiger partial charge in [0.1, 0.15) is 0 Å². The van der Waals surface area contributed by atoms with Gasteiger partial charge >= 0.3 is 11.9 Å². The van der Waals surface area contributed by atoms with Crippen molar-refractivity contribution in [2.24, 2.45) is 0 Å². The first kappa shape index (κ1) is 13.1. The smallest absolute Gasteiger partial charge is 0.397 e. The summed E-state index contributed by atoms with van der Waals surface area (Å²) < 4.78 is 4.70. The zero-order valence-electron chi connectivity index (χ0n) is 10.9. The molecular formula is C15H15NO3. The molecule has 2 aromatic rings. The number of nitrogens with zero attached hydrogens (tertiary/aromatic N) is 1. The summed E-state index contributed by atoms with van der Waals surface area (Å²) in [5.41, 5.74) is 0.664. The molecule has 0 N–H and O–H groups in total. The largest absolute Gasteiger partial charge is 0.459 e. The zero-order valence-corrected chi connectivity index (χ0v) is 10.9. The predicted molar refractivity (Wildman–Crippen MR) is 74.0 cm³/mol. The fraction of sp³-hybridized carbons (Fsp3) is 0.200. The number of amides is 1. The van der Waals surface area contributed by atoms with Crippen LogP contribution in [0.25, 0.3) is 10.8 Å². The van der Waals surface area contributed by atoms with Crippen LogP contribution in [-0.4, -0.2) is 25.5 Å². The molecule has 0 heterocycles. The fourth-order valence-electron chi connectivity index (χ4n) is 1.83. The number of hydrogen-bond acceptors (Lipinski definition) is 3. The highest BCUT2D eigenvalue weighted by Gasteiger charge is 2.21. The van der Waals surface area contributed by atoms with Crippen LogP contribution in [-0.2, 0) is 14.3 Å². The van der Waals surface area contributed by atoms with Crippen molar-refractivity contribution in [1.82, 2.24) is 0 Å². The quantitative estimate of drug-likeness (QED) is 0.613. The zero-order chi connectivity index (χ0) is 13.8.